The number of carbonyl (C=O) groups is 1. The maximum Gasteiger partial charge on any atom is 0.223 e. The van der Waals surface area contributed by atoms with E-state index in [0.717, 1.165) is 63.5 Å². The van der Waals surface area contributed by atoms with Crippen molar-refractivity contribution >= 4 is 17.5 Å². The molecule has 27 heavy (non-hydrogen) atoms. The summed E-state index contributed by atoms with van der Waals surface area (Å²) in [6, 6.07) is 2.46. The molecule has 0 spiro atoms. The number of carbonyl (C=O) groups excluding carboxylic acids is 1. The van der Waals surface area contributed by atoms with Gasteiger partial charge in [0.1, 0.15) is 18.0 Å². The molecule has 4 rings (SSSR count). The summed E-state index contributed by atoms with van der Waals surface area (Å²) < 4.78 is 0. The van der Waals surface area contributed by atoms with Crippen molar-refractivity contribution in [3.05, 3.63) is 12.4 Å². The van der Waals surface area contributed by atoms with E-state index in [4.69, 9.17) is 0 Å². The van der Waals surface area contributed by atoms with E-state index in [1.54, 1.807) is 6.33 Å². The molecule has 3 aliphatic rings. The van der Waals surface area contributed by atoms with Gasteiger partial charge in [0.05, 0.1) is 0 Å². The Labute approximate surface area is 162 Å². The van der Waals surface area contributed by atoms with Crippen LogP contribution in [0.4, 0.5) is 11.6 Å². The van der Waals surface area contributed by atoms with Crippen LogP contribution in [0.25, 0.3) is 0 Å². The van der Waals surface area contributed by atoms with Gasteiger partial charge < -0.3 is 15.1 Å². The van der Waals surface area contributed by atoms with Gasteiger partial charge in [-0.05, 0) is 44.9 Å². The van der Waals surface area contributed by atoms with E-state index in [9.17, 15) is 4.79 Å². The first-order valence-electron chi connectivity index (χ1n) is 10.9. The molecule has 2 aliphatic heterocycles. The Morgan fingerprint density at radius 3 is 2.07 bits per heavy atom. The van der Waals surface area contributed by atoms with Crippen LogP contribution in [-0.4, -0.2) is 48.1 Å². The summed E-state index contributed by atoms with van der Waals surface area (Å²) >= 11 is 0. The summed E-state index contributed by atoms with van der Waals surface area (Å²) in [5.41, 5.74) is 0. The third-order valence-corrected chi connectivity index (χ3v) is 6.46. The third-order valence-electron chi connectivity index (χ3n) is 6.46. The molecule has 6 nitrogen and oxygen atoms in total. The van der Waals surface area contributed by atoms with Crippen LogP contribution in [0.2, 0.25) is 0 Å². The summed E-state index contributed by atoms with van der Waals surface area (Å²) in [5, 5.41) is 3.32. The van der Waals surface area contributed by atoms with Crippen molar-refractivity contribution < 1.29 is 4.79 Å². The lowest BCUT2D eigenvalue weighted by atomic mass is 9.88. The van der Waals surface area contributed by atoms with Gasteiger partial charge in [-0.1, -0.05) is 19.3 Å². The Kier molecular flexibility index (Phi) is 6.10. The number of hydrogen-bond donors (Lipinski definition) is 1. The Balaban J connectivity index is 1.29. The first kappa shape index (κ1) is 18.5. The predicted molar refractivity (Wildman–Crippen MR) is 108 cm³/mol. The van der Waals surface area contributed by atoms with Crippen molar-refractivity contribution in [3.8, 4) is 0 Å². The molecule has 148 valence electrons. The molecule has 1 N–H and O–H groups in total. The predicted octanol–water partition coefficient (Wildman–Crippen LogP) is 3.13. The Hall–Kier alpha value is -1.85. The van der Waals surface area contributed by atoms with Gasteiger partial charge in [-0.15, -0.1) is 0 Å². The fourth-order valence-electron chi connectivity index (χ4n) is 4.74. The van der Waals surface area contributed by atoms with Gasteiger partial charge in [0.15, 0.2) is 0 Å². The standard InChI is InChI=1S/C21H33N5O/c27-21(17-7-3-1-4-8-17)24-18-9-13-26(14-10-18)20-15-19(22-16-23-20)25-11-5-2-6-12-25/h15-18H,1-14H2,(H,24,27). The first-order chi connectivity index (χ1) is 13.3. The highest BCUT2D eigenvalue weighted by molar-refractivity contribution is 5.79. The second-order valence-corrected chi connectivity index (χ2v) is 8.39. The van der Waals surface area contributed by atoms with Crippen LogP contribution in [0.5, 0.6) is 0 Å². The van der Waals surface area contributed by atoms with E-state index >= 15 is 0 Å². The number of anilines is 2. The van der Waals surface area contributed by atoms with Gasteiger partial charge in [0.2, 0.25) is 5.91 Å². The van der Waals surface area contributed by atoms with E-state index in [1.165, 1.54) is 38.5 Å². The Bertz CT molecular complexity index is 617. The van der Waals surface area contributed by atoms with Crippen LogP contribution in [0.1, 0.15) is 64.2 Å². The van der Waals surface area contributed by atoms with Crippen molar-refractivity contribution in [2.45, 2.75) is 70.3 Å². The lowest BCUT2D eigenvalue weighted by Crippen LogP contribution is -2.46. The summed E-state index contributed by atoms with van der Waals surface area (Å²) in [6.07, 6.45) is 13.4. The maximum atomic E-state index is 12.5. The van der Waals surface area contributed by atoms with Crippen molar-refractivity contribution in [2.24, 2.45) is 5.92 Å². The molecule has 3 heterocycles. The molecule has 2 saturated heterocycles. The second-order valence-electron chi connectivity index (χ2n) is 8.39. The largest absolute Gasteiger partial charge is 0.356 e. The SMILES string of the molecule is O=C(NC1CCN(c2cc(N3CCCCC3)ncn2)CC1)C1CCCCC1. The number of nitrogens with zero attached hydrogens (tertiary/aromatic N) is 4. The number of nitrogens with one attached hydrogen (secondary N) is 1. The lowest BCUT2D eigenvalue weighted by Gasteiger charge is -2.35. The molecule has 6 heteroatoms. The summed E-state index contributed by atoms with van der Waals surface area (Å²) in [6.45, 7) is 4.11. The number of aromatic nitrogens is 2. The van der Waals surface area contributed by atoms with Crippen molar-refractivity contribution in [2.75, 3.05) is 36.0 Å². The first-order valence-corrected chi connectivity index (χ1v) is 10.9. The molecule has 1 aromatic heterocycles. The summed E-state index contributed by atoms with van der Waals surface area (Å²) in [7, 11) is 0. The van der Waals surface area contributed by atoms with Crippen LogP contribution in [-0.2, 0) is 4.79 Å². The van der Waals surface area contributed by atoms with Crippen LogP contribution in [0.3, 0.4) is 0 Å². The van der Waals surface area contributed by atoms with Crippen LogP contribution >= 0.6 is 0 Å². The number of piperidine rings is 2. The van der Waals surface area contributed by atoms with Crippen molar-refractivity contribution in [1.29, 1.82) is 0 Å². The van der Waals surface area contributed by atoms with E-state index in [2.05, 4.69) is 31.2 Å². The number of hydrogen-bond acceptors (Lipinski definition) is 5. The van der Waals surface area contributed by atoms with Crippen LogP contribution in [0.15, 0.2) is 12.4 Å². The molecule has 1 amide bonds. The minimum atomic E-state index is 0.255. The fourth-order valence-corrected chi connectivity index (χ4v) is 4.74. The summed E-state index contributed by atoms with van der Waals surface area (Å²) in [5.74, 6) is 2.64. The highest BCUT2D eigenvalue weighted by atomic mass is 16.1. The zero-order valence-electron chi connectivity index (χ0n) is 16.4. The second kappa shape index (κ2) is 8.89. The average molecular weight is 372 g/mol. The molecular formula is C21H33N5O. The third kappa shape index (κ3) is 4.71. The normalized spacial score (nSPS) is 22.7. The zero-order chi connectivity index (χ0) is 18.5. The molecule has 3 fully saturated rings. The van der Waals surface area contributed by atoms with E-state index in [0.29, 0.717) is 11.9 Å². The molecule has 0 aromatic carbocycles. The molecule has 0 radical (unpaired) electrons. The summed E-state index contributed by atoms with van der Waals surface area (Å²) in [4.78, 5) is 26.2. The average Bonchev–Trinajstić information content (AvgIpc) is 2.75. The minimum Gasteiger partial charge on any atom is -0.356 e. The smallest absolute Gasteiger partial charge is 0.223 e. The molecule has 0 unspecified atom stereocenters. The highest BCUT2D eigenvalue weighted by Crippen LogP contribution is 2.26. The van der Waals surface area contributed by atoms with Gasteiger partial charge >= 0.3 is 0 Å². The van der Waals surface area contributed by atoms with Gasteiger partial charge in [0, 0.05) is 44.2 Å². The topological polar surface area (TPSA) is 61.4 Å². The van der Waals surface area contributed by atoms with Crippen molar-refractivity contribution in [1.82, 2.24) is 15.3 Å². The van der Waals surface area contributed by atoms with E-state index in [1.807, 2.05) is 0 Å². The van der Waals surface area contributed by atoms with Crippen molar-refractivity contribution in [3.63, 3.8) is 0 Å². The van der Waals surface area contributed by atoms with E-state index < -0.39 is 0 Å². The fraction of sp³-hybridized carbons (Fsp3) is 0.762. The molecule has 1 aromatic rings. The minimum absolute atomic E-state index is 0.255. The number of rotatable bonds is 4. The Morgan fingerprint density at radius 1 is 0.815 bits per heavy atom. The van der Waals surface area contributed by atoms with E-state index in [-0.39, 0.29) is 5.92 Å². The molecule has 0 bridgehead atoms. The monoisotopic (exact) mass is 371 g/mol. The molecule has 0 atom stereocenters. The molecule has 1 aliphatic carbocycles. The number of amides is 1. The maximum absolute atomic E-state index is 12.5. The highest BCUT2D eigenvalue weighted by Gasteiger charge is 2.26. The molecular weight excluding hydrogens is 338 g/mol. The molecule has 1 saturated carbocycles. The van der Waals surface area contributed by atoms with Gasteiger partial charge in [0.25, 0.3) is 0 Å². The van der Waals surface area contributed by atoms with Gasteiger partial charge in [-0.2, -0.15) is 0 Å². The zero-order valence-corrected chi connectivity index (χ0v) is 16.4. The Morgan fingerprint density at radius 2 is 1.41 bits per heavy atom. The van der Waals surface area contributed by atoms with Crippen LogP contribution < -0.4 is 15.1 Å². The lowest BCUT2D eigenvalue weighted by molar-refractivity contribution is -0.126. The van der Waals surface area contributed by atoms with Gasteiger partial charge in [-0.3, -0.25) is 4.79 Å². The quantitative estimate of drug-likeness (QED) is 0.881. The van der Waals surface area contributed by atoms with Crippen LogP contribution in [0, 0.1) is 5.92 Å². The van der Waals surface area contributed by atoms with Gasteiger partial charge in [-0.25, -0.2) is 9.97 Å².